The maximum Gasteiger partial charge on any atom is 0.411 e. The van der Waals surface area contributed by atoms with Crippen LogP contribution in [0.3, 0.4) is 0 Å². The van der Waals surface area contributed by atoms with Crippen molar-refractivity contribution in [3.8, 4) is 11.3 Å². The first-order valence-electron chi connectivity index (χ1n) is 8.29. The highest BCUT2D eigenvalue weighted by Gasteiger charge is 2.25. The van der Waals surface area contributed by atoms with Gasteiger partial charge in [0.05, 0.1) is 29.2 Å². The summed E-state index contributed by atoms with van der Waals surface area (Å²) in [5.41, 5.74) is 1.68. The number of hydroxylamine groups is 2. The van der Waals surface area contributed by atoms with Crippen LogP contribution in [0.5, 0.6) is 0 Å². The van der Waals surface area contributed by atoms with Gasteiger partial charge in [0.2, 0.25) is 5.78 Å². The van der Waals surface area contributed by atoms with E-state index in [1.165, 1.54) is 31.8 Å². The standard InChI is InChI=1S/C18H17Cl2N5O4/c1-9-14(23(2)18(27)28)15(11-6-5-10(19)7-12(11)20)25-8-13(22-17(25)21-9)16(26)24(3)29-4/h5-8H,1-4H3,(H,27,28). The van der Waals surface area contributed by atoms with Gasteiger partial charge in [-0.1, -0.05) is 23.2 Å². The lowest BCUT2D eigenvalue weighted by Gasteiger charge is -2.21. The Morgan fingerprint density at radius 1 is 1.21 bits per heavy atom. The third-order valence-electron chi connectivity index (χ3n) is 4.35. The number of carbonyl (C=O) groups is 2. The minimum absolute atomic E-state index is 0.0720. The highest BCUT2D eigenvalue weighted by Crippen LogP contribution is 2.38. The summed E-state index contributed by atoms with van der Waals surface area (Å²) in [5, 5.41) is 11.3. The van der Waals surface area contributed by atoms with Gasteiger partial charge in [-0.15, -0.1) is 0 Å². The van der Waals surface area contributed by atoms with Crippen LogP contribution in [0.15, 0.2) is 24.4 Å². The molecular weight excluding hydrogens is 421 g/mol. The molecule has 0 saturated carbocycles. The molecule has 0 aliphatic carbocycles. The predicted octanol–water partition coefficient (Wildman–Crippen LogP) is 3.76. The SMILES string of the molecule is CON(C)C(=O)c1cn2c(-c3ccc(Cl)cc3Cl)c(N(C)C(=O)O)c(C)nc2n1. The Labute approximate surface area is 176 Å². The molecule has 1 aromatic carbocycles. The quantitative estimate of drug-likeness (QED) is 0.623. The molecule has 0 radical (unpaired) electrons. The predicted molar refractivity (Wildman–Crippen MR) is 109 cm³/mol. The molecule has 0 unspecified atom stereocenters. The third kappa shape index (κ3) is 3.71. The largest absolute Gasteiger partial charge is 0.465 e. The number of imidazole rings is 1. The minimum Gasteiger partial charge on any atom is -0.465 e. The van der Waals surface area contributed by atoms with Crippen molar-refractivity contribution in [1.29, 1.82) is 0 Å². The monoisotopic (exact) mass is 437 g/mol. The van der Waals surface area contributed by atoms with E-state index < -0.39 is 12.0 Å². The zero-order valence-electron chi connectivity index (χ0n) is 16.0. The van der Waals surface area contributed by atoms with Crippen molar-refractivity contribution in [2.45, 2.75) is 6.92 Å². The zero-order valence-corrected chi connectivity index (χ0v) is 17.5. The van der Waals surface area contributed by atoms with Crippen LogP contribution < -0.4 is 4.90 Å². The number of nitrogens with zero attached hydrogens (tertiary/aromatic N) is 5. The van der Waals surface area contributed by atoms with Gasteiger partial charge in [0, 0.05) is 30.9 Å². The topological polar surface area (TPSA) is 100 Å². The summed E-state index contributed by atoms with van der Waals surface area (Å²) in [7, 11) is 4.20. The van der Waals surface area contributed by atoms with E-state index in [-0.39, 0.29) is 11.5 Å². The second kappa shape index (κ2) is 7.86. The molecule has 0 aliphatic heterocycles. The third-order valence-corrected chi connectivity index (χ3v) is 4.90. The highest BCUT2D eigenvalue weighted by molar-refractivity contribution is 6.36. The number of benzene rings is 1. The molecular formula is C18H17Cl2N5O4. The number of aromatic nitrogens is 3. The Morgan fingerprint density at radius 3 is 2.48 bits per heavy atom. The van der Waals surface area contributed by atoms with E-state index >= 15 is 0 Å². The van der Waals surface area contributed by atoms with Gasteiger partial charge in [0.15, 0.2) is 5.69 Å². The van der Waals surface area contributed by atoms with Crippen molar-refractivity contribution in [2.24, 2.45) is 0 Å². The van der Waals surface area contributed by atoms with Crippen LogP contribution >= 0.6 is 23.2 Å². The van der Waals surface area contributed by atoms with Crippen LogP contribution in [0.2, 0.25) is 10.0 Å². The summed E-state index contributed by atoms with van der Waals surface area (Å²) < 4.78 is 1.52. The lowest BCUT2D eigenvalue weighted by molar-refractivity contribution is -0.0760. The van der Waals surface area contributed by atoms with Crippen LogP contribution in [-0.2, 0) is 4.84 Å². The summed E-state index contributed by atoms with van der Waals surface area (Å²) in [6.07, 6.45) is 0.273. The van der Waals surface area contributed by atoms with Crippen LogP contribution in [0.1, 0.15) is 16.2 Å². The van der Waals surface area contributed by atoms with Crippen molar-refractivity contribution in [2.75, 3.05) is 26.1 Å². The van der Waals surface area contributed by atoms with E-state index in [0.29, 0.717) is 32.7 Å². The van der Waals surface area contributed by atoms with Crippen molar-refractivity contribution >= 4 is 46.7 Å². The van der Waals surface area contributed by atoms with Gasteiger partial charge in [-0.3, -0.25) is 18.9 Å². The van der Waals surface area contributed by atoms with E-state index in [4.69, 9.17) is 28.0 Å². The van der Waals surface area contributed by atoms with Crippen molar-refractivity contribution in [1.82, 2.24) is 19.4 Å². The van der Waals surface area contributed by atoms with Gasteiger partial charge in [-0.25, -0.2) is 19.8 Å². The van der Waals surface area contributed by atoms with E-state index in [1.54, 1.807) is 25.1 Å². The molecule has 3 aromatic rings. The van der Waals surface area contributed by atoms with Gasteiger partial charge in [0.1, 0.15) is 0 Å². The van der Waals surface area contributed by atoms with Gasteiger partial charge in [-0.2, -0.15) is 0 Å². The number of carboxylic acid groups (broad SMARTS) is 1. The highest BCUT2D eigenvalue weighted by atomic mass is 35.5. The van der Waals surface area contributed by atoms with Gasteiger partial charge in [0.25, 0.3) is 5.91 Å². The number of hydrogen-bond donors (Lipinski definition) is 1. The fourth-order valence-electron chi connectivity index (χ4n) is 2.89. The molecule has 11 heteroatoms. The summed E-state index contributed by atoms with van der Waals surface area (Å²) in [6.45, 7) is 1.65. The first-order valence-corrected chi connectivity index (χ1v) is 9.05. The number of aryl methyl sites for hydroxylation is 1. The van der Waals surface area contributed by atoms with E-state index in [9.17, 15) is 14.7 Å². The second-order valence-corrected chi connectivity index (χ2v) is 6.99. The van der Waals surface area contributed by atoms with Crippen LogP contribution in [0.4, 0.5) is 10.5 Å². The average Bonchev–Trinajstić information content (AvgIpc) is 3.09. The molecule has 0 aliphatic rings. The number of fused-ring (bicyclic) bond motifs is 1. The average molecular weight is 438 g/mol. The molecule has 1 N–H and O–H groups in total. The Balaban J connectivity index is 2.39. The Kier molecular flexibility index (Phi) is 5.65. The normalized spacial score (nSPS) is 11.0. The number of amides is 2. The van der Waals surface area contributed by atoms with Gasteiger partial charge >= 0.3 is 6.09 Å². The molecule has 2 aromatic heterocycles. The zero-order chi connectivity index (χ0) is 21.5. The van der Waals surface area contributed by atoms with Gasteiger partial charge < -0.3 is 5.11 Å². The summed E-state index contributed by atoms with van der Waals surface area (Å²) in [4.78, 5) is 38.7. The maximum atomic E-state index is 12.5. The molecule has 2 heterocycles. The first kappa shape index (κ1) is 20.8. The molecule has 0 bridgehead atoms. The number of halogens is 2. The number of carbonyl (C=O) groups excluding carboxylic acids is 1. The minimum atomic E-state index is -1.18. The lowest BCUT2D eigenvalue weighted by atomic mass is 10.1. The van der Waals surface area contributed by atoms with E-state index in [2.05, 4.69) is 9.97 Å². The molecule has 29 heavy (non-hydrogen) atoms. The summed E-state index contributed by atoms with van der Waals surface area (Å²) >= 11 is 12.4. The van der Waals surface area contributed by atoms with Crippen molar-refractivity contribution in [3.63, 3.8) is 0 Å². The molecule has 0 fully saturated rings. The number of hydrogen-bond acceptors (Lipinski definition) is 5. The molecule has 0 saturated heterocycles. The molecule has 2 amide bonds. The summed E-state index contributed by atoms with van der Waals surface area (Å²) in [6, 6.07) is 4.85. The first-order chi connectivity index (χ1) is 13.6. The second-order valence-electron chi connectivity index (χ2n) is 6.14. The van der Waals surface area contributed by atoms with Crippen molar-refractivity contribution < 1.29 is 19.5 Å². The molecule has 9 nitrogen and oxygen atoms in total. The Bertz CT molecular complexity index is 1130. The number of rotatable bonds is 4. The Hall–Kier alpha value is -2.88. The molecule has 152 valence electrons. The van der Waals surface area contributed by atoms with Crippen LogP contribution in [0.25, 0.3) is 17.0 Å². The van der Waals surface area contributed by atoms with E-state index in [0.717, 1.165) is 9.96 Å². The van der Waals surface area contributed by atoms with Crippen LogP contribution in [0, 0.1) is 6.92 Å². The fraction of sp³-hybridized carbons (Fsp3) is 0.222. The lowest BCUT2D eigenvalue weighted by Crippen LogP contribution is -2.26. The van der Waals surface area contributed by atoms with Gasteiger partial charge in [-0.05, 0) is 25.1 Å². The summed E-state index contributed by atoms with van der Waals surface area (Å²) in [5.74, 6) is -0.282. The maximum absolute atomic E-state index is 12.5. The smallest absolute Gasteiger partial charge is 0.411 e. The fourth-order valence-corrected chi connectivity index (χ4v) is 3.38. The molecule has 0 atom stereocenters. The number of anilines is 1. The molecule has 3 rings (SSSR count). The Morgan fingerprint density at radius 2 is 1.90 bits per heavy atom. The van der Waals surface area contributed by atoms with E-state index in [1.807, 2.05) is 0 Å². The van der Waals surface area contributed by atoms with Crippen molar-refractivity contribution in [3.05, 3.63) is 45.8 Å². The molecule has 0 spiro atoms. The van der Waals surface area contributed by atoms with Crippen LogP contribution in [-0.4, -0.2) is 57.7 Å².